The maximum atomic E-state index is 11.3. The lowest BCUT2D eigenvalue weighted by molar-refractivity contribution is 0.0521. The van der Waals surface area contributed by atoms with E-state index in [1.807, 2.05) is 19.1 Å². The van der Waals surface area contributed by atoms with Gasteiger partial charge in [-0.25, -0.2) is 4.79 Å². The summed E-state index contributed by atoms with van der Waals surface area (Å²) in [6.45, 7) is 1.96. The van der Waals surface area contributed by atoms with Gasteiger partial charge in [-0.15, -0.1) is 23.2 Å². The number of benzene rings is 1. The molecule has 0 heterocycles. The van der Waals surface area contributed by atoms with E-state index in [0.29, 0.717) is 5.56 Å². The van der Waals surface area contributed by atoms with Crippen LogP contribution in [0.1, 0.15) is 15.9 Å². The van der Waals surface area contributed by atoms with Gasteiger partial charge in [-0.3, -0.25) is 0 Å². The number of hydrogen-bond donors (Lipinski definition) is 0. The highest BCUT2D eigenvalue weighted by Gasteiger charge is 2.08. The van der Waals surface area contributed by atoms with Crippen LogP contribution in [0, 0.1) is 6.92 Å². The highest BCUT2D eigenvalue weighted by molar-refractivity contribution is 6.44. The molecule has 0 aliphatic carbocycles. The first-order valence-electron chi connectivity index (χ1n) is 4.11. The van der Waals surface area contributed by atoms with E-state index in [2.05, 4.69) is 0 Å². The minimum Gasteiger partial charge on any atom is -0.459 e. The third-order valence-corrected chi connectivity index (χ3v) is 1.88. The highest BCUT2D eigenvalue weighted by Crippen LogP contribution is 2.07. The first-order valence-corrected chi connectivity index (χ1v) is 4.99. The van der Waals surface area contributed by atoms with E-state index in [0.717, 1.165) is 5.56 Å². The molecule has 1 aromatic rings. The van der Waals surface area contributed by atoms with Crippen LogP contribution in [-0.4, -0.2) is 17.4 Å². The van der Waals surface area contributed by atoms with E-state index in [1.54, 1.807) is 12.1 Å². The fraction of sp³-hybridized carbons (Fsp3) is 0.300. The lowest BCUT2D eigenvalue weighted by atomic mass is 10.1. The van der Waals surface area contributed by atoms with E-state index in [9.17, 15) is 4.79 Å². The monoisotopic (exact) mass is 232 g/mol. The van der Waals surface area contributed by atoms with Crippen LogP contribution in [0.3, 0.4) is 0 Å². The second kappa shape index (κ2) is 5.23. The summed E-state index contributed by atoms with van der Waals surface area (Å²) in [6.07, 6.45) is 0. The molecule has 1 aromatic carbocycles. The van der Waals surface area contributed by atoms with Crippen molar-refractivity contribution in [1.82, 2.24) is 0 Å². The Morgan fingerprint density at radius 2 is 1.93 bits per heavy atom. The molecule has 2 nitrogen and oxygen atoms in total. The molecule has 0 atom stereocenters. The normalized spacial score (nSPS) is 10.3. The van der Waals surface area contributed by atoms with Crippen molar-refractivity contribution >= 4 is 29.2 Å². The smallest absolute Gasteiger partial charge is 0.338 e. The third-order valence-electron chi connectivity index (χ3n) is 1.63. The van der Waals surface area contributed by atoms with Crippen molar-refractivity contribution in [3.05, 3.63) is 35.4 Å². The fourth-order valence-corrected chi connectivity index (χ4v) is 1.04. The number of carbonyl (C=O) groups is 1. The van der Waals surface area contributed by atoms with Crippen LogP contribution in [-0.2, 0) is 4.74 Å². The third kappa shape index (κ3) is 3.56. The van der Waals surface area contributed by atoms with Gasteiger partial charge in [-0.2, -0.15) is 0 Å². The molecule has 0 fully saturated rings. The van der Waals surface area contributed by atoms with Gasteiger partial charge >= 0.3 is 5.97 Å². The SMILES string of the molecule is Cc1ccc(C(=O)OCC(Cl)Cl)cc1. The first-order chi connectivity index (χ1) is 6.59. The van der Waals surface area contributed by atoms with Gasteiger partial charge < -0.3 is 4.74 Å². The molecule has 4 heteroatoms. The maximum Gasteiger partial charge on any atom is 0.338 e. The Hall–Kier alpha value is -0.730. The van der Waals surface area contributed by atoms with Crippen molar-refractivity contribution in [1.29, 1.82) is 0 Å². The molecule has 0 spiro atoms. The molecule has 0 N–H and O–H groups in total. The lowest BCUT2D eigenvalue weighted by Gasteiger charge is -2.04. The zero-order valence-electron chi connectivity index (χ0n) is 7.67. The predicted molar refractivity (Wildman–Crippen MR) is 57.0 cm³/mol. The average molecular weight is 233 g/mol. The minimum atomic E-state index is -0.676. The number of esters is 1. The number of rotatable bonds is 3. The summed E-state index contributed by atoms with van der Waals surface area (Å²) in [4.78, 5) is 10.6. The fourth-order valence-electron chi connectivity index (χ4n) is 0.912. The molecule has 0 aromatic heterocycles. The molecule has 0 aliphatic rings. The number of carbonyl (C=O) groups excluding carboxylic acids is 1. The average Bonchev–Trinajstić information content (AvgIpc) is 2.15. The molecule has 0 radical (unpaired) electrons. The van der Waals surface area contributed by atoms with Gasteiger partial charge in [0.2, 0.25) is 0 Å². The summed E-state index contributed by atoms with van der Waals surface area (Å²) >= 11 is 10.8. The van der Waals surface area contributed by atoms with Gasteiger partial charge in [0.05, 0.1) is 5.56 Å². The maximum absolute atomic E-state index is 11.3. The Kier molecular flexibility index (Phi) is 4.23. The Labute approximate surface area is 92.8 Å². The highest BCUT2D eigenvalue weighted by atomic mass is 35.5. The van der Waals surface area contributed by atoms with Crippen LogP contribution in [0.25, 0.3) is 0 Å². The van der Waals surface area contributed by atoms with Gasteiger partial charge in [0.25, 0.3) is 0 Å². The van der Waals surface area contributed by atoms with E-state index >= 15 is 0 Å². The van der Waals surface area contributed by atoms with Crippen molar-refractivity contribution in [2.45, 2.75) is 11.8 Å². The van der Waals surface area contributed by atoms with E-state index in [4.69, 9.17) is 27.9 Å². The van der Waals surface area contributed by atoms with Gasteiger partial charge in [0, 0.05) is 0 Å². The molecule has 0 saturated carbocycles. The summed E-state index contributed by atoms with van der Waals surface area (Å²) in [5.41, 5.74) is 1.60. The largest absolute Gasteiger partial charge is 0.459 e. The van der Waals surface area contributed by atoms with Crippen molar-refractivity contribution < 1.29 is 9.53 Å². The number of halogens is 2. The molecular formula is C10H10Cl2O2. The Morgan fingerprint density at radius 3 is 2.43 bits per heavy atom. The zero-order chi connectivity index (χ0) is 10.6. The van der Waals surface area contributed by atoms with E-state index in [-0.39, 0.29) is 6.61 Å². The summed E-state index contributed by atoms with van der Waals surface area (Å²) in [7, 11) is 0. The van der Waals surface area contributed by atoms with E-state index < -0.39 is 10.8 Å². The zero-order valence-corrected chi connectivity index (χ0v) is 9.18. The second-order valence-corrected chi connectivity index (χ2v) is 4.13. The number of ether oxygens (including phenoxy) is 1. The standard InChI is InChI=1S/C10H10Cl2O2/c1-7-2-4-8(5-3-7)10(13)14-6-9(11)12/h2-5,9H,6H2,1H3. The van der Waals surface area contributed by atoms with Crippen LogP contribution in [0.15, 0.2) is 24.3 Å². The van der Waals surface area contributed by atoms with Crippen molar-refractivity contribution in [3.8, 4) is 0 Å². The first kappa shape index (κ1) is 11.3. The number of hydrogen-bond acceptors (Lipinski definition) is 2. The van der Waals surface area contributed by atoms with Crippen LogP contribution in [0.2, 0.25) is 0 Å². The van der Waals surface area contributed by atoms with Gasteiger partial charge in [0.1, 0.15) is 11.4 Å². The Balaban J connectivity index is 2.57. The summed E-state index contributed by atoms with van der Waals surface area (Å²) in [6, 6.07) is 7.09. The van der Waals surface area contributed by atoms with Crippen LogP contribution < -0.4 is 0 Å². The summed E-state index contributed by atoms with van der Waals surface area (Å²) < 4.78 is 4.83. The molecule has 0 unspecified atom stereocenters. The molecule has 1 rings (SSSR count). The van der Waals surface area contributed by atoms with Crippen molar-refractivity contribution in [2.24, 2.45) is 0 Å². The summed E-state index contributed by atoms with van der Waals surface area (Å²) in [5, 5.41) is 0. The Bertz CT molecular complexity index is 306. The molecular weight excluding hydrogens is 223 g/mol. The van der Waals surface area contributed by atoms with Crippen LogP contribution in [0.5, 0.6) is 0 Å². The van der Waals surface area contributed by atoms with Crippen molar-refractivity contribution in [2.75, 3.05) is 6.61 Å². The van der Waals surface area contributed by atoms with Crippen molar-refractivity contribution in [3.63, 3.8) is 0 Å². The number of alkyl halides is 2. The van der Waals surface area contributed by atoms with E-state index in [1.165, 1.54) is 0 Å². The van der Waals surface area contributed by atoms with Crippen LogP contribution >= 0.6 is 23.2 Å². The molecule has 0 amide bonds. The molecule has 76 valence electrons. The topological polar surface area (TPSA) is 26.3 Å². The van der Waals surface area contributed by atoms with Gasteiger partial charge in [-0.1, -0.05) is 17.7 Å². The lowest BCUT2D eigenvalue weighted by Crippen LogP contribution is -2.10. The quantitative estimate of drug-likeness (QED) is 0.592. The second-order valence-electron chi connectivity index (χ2n) is 2.86. The Morgan fingerprint density at radius 1 is 1.36 bits per heavy atom. The van der Waals surface area contributed by atoms with Gasteiger partial charge in [-0.05, 0) is 19.1 Å². The van der Waals surface area contributed by atoms with Crippen LogP contribution in [0.4, 0.5) is 0 Å². The molecule has 14 heavy (non-hydrogen) atoms. The minimum absolute atomic E-state index is 0.00974. The predicted octanol–water partition coefficient (Wildman–Crippen LogP) is 2.96. The number of aryl methyl sites for hydroxylation is 1. The van der Waals surface area contributed by atoms with Gasteiger partial charge in [0.15, 0.2) is 0 Å². The molecule has 0 bridgehead atoms. The summed E-state index contributed by atoms with van der Waals surface area (Å²) in [5.74, 6) is -0.406. The molecule has 0 aliphatic heterocycles. The molecule has 0 saturated heterocycles.